The van der Waals surface area contributed by atoms with Crippen molar-refractivity contribution < 1.29 is 13.2 Å². The predicted molar refractivity (Wildman–Crippen MR) is 83.9 cm³/mol. The van der Waals surface area contributed by atoms with Crippen LogP contribution in [0.15, 0.2) is 53.4 Å². The Kier molecular flexibility index (Phi) is 3.85. The third kappa shape index (κ3) is 2.58. The van der Waals surface area contributed by atoms with E-state index in [-0.39, 0.29) is 11.4 Å². The second-order valence-corrected chi connectivity index (χ2v) is 7.43. The van der Waals surface area contributed by atoms with Crippen LogP contribution in [0.2, 0.25) is 0 Å². The third-order valence-corrected chi connectivity index (χ3v) is 5.86. The molecule has 0 spiro atoms. The number of carbonyl (C=O) groups excluding carboxylic acids is 1. The Labute approximate surface area is 130 Å². The highest BCUT2D eigenvalue weighted by Crippen LogP contribution is 2.28. The molecule has 0 aromatic heterocycles. The van der Waals surface area contributed by atoms with E-state index in [4.69, 9.17) is 0 Å². The van der Waals surface area contributed by atoms with Gasteiger partial charge in [-0.25, -0.2) is 8.42 Å². The summed E-state index contributed by atoms with van der Waals surface area (Å²) < 4.78 is 27.1. The third-order valence-electron chi connectivity index (χ3n) is 4.00. The molecule has 5 heteroatoms. The van der Waals surface area contributed by atoms with E-state index in [1.807, 2.05) is 37.3 Å². The van der Waals surface area contributed by atoms with Crippen LogP contribution in [0.4, 0.5) is 0 Å². The smallest absolute Gasteiger partial charge is 0.244 e. The van der Waals surface area contributed by atoms with Crippen molar-refractivity contribution in [2.75, 3.05) is 0 Å². The van der Waals surface area contributed by atoms with E-state index >= 15 is 0 Å². The van der Waals surface area contributed by atoms with Crippen molar-refractivity contribution in [2.24, 2.45) is 0 Å². The van der Waals surface area contributed by atoms with E-state index in [1.54, 1.807) is 18.2 Å². The monoisotopic (exact) mass is 315 g/mol. The number of rotatable bonds is 3. The van der Waals surface area contributed by atoms with Crippen molar-refractivity contribution in [3.8, 4) is 0 Å². The molecule has 0 amide bonds. The van der Waals surface area contributed by atoms with Crippen molar-refractivity contribution in [2.45, 2.75) is 30.8 Å². The van der Waals surface area contributed by atoms with E-state index in [0.29, 0.717) is 6.42 Å². The summed E-state index contributed by atoms with van der Waals surface area (Å²) >= 11 is 0. The molecule has 0 saturated carbocycles. The van der Waals surface area contributed by atoms with Gasteiger partial charge in [0.25, 0.3) is 0 Å². The van der Waals surface area contributed by atoms with Crippen LogP contribution in [0.5, 0.6) is 0 Å². The van der Waals surface area contributed by atoms with Gasteiger partial charge in [0.2, 0.25) is 10.0 Å². The van der Waals surface area contributed by atoms with Crippen LogP contribution in [0, 0.1) is 6.92 Å². The maximum atomic E-state index is 12.9. The molecule has 0 bridgehead atoms. The molecule has 0 saturated heterocycles. The highest BCUT2D eigenvalue weighted by atomic mass is 32.2. The Morgan fingerprint density at radius 3 is 2.50 bits per heavy atom. The summed E-state index contributed by atoms with van der Waals surface area (Å²) in [5.74, 6) is 0. The number of fused-ring (bicyclic) bond motifs is 1. The molecular weight excluding hydrogens is 298 g/mol. The lowest BCUT2D eigenvalue weighted by Crippen LogP contribution is -2.45. The Morgan fingerprint density at radius 1 is 1.09 bits per heavy atom. The maximum absolute atomic E-state index is 12.9. The molecule has 0 radical (unpaired) electrons. The SMILES string of the molecule is Cc1cccc(S(=O)(=O)N2Cc3ccccc3C[C@H]2C=O)c1. The van der Waals surface area contributed by atoms with Crippen molar-refractivity contribution in [3.05, 3.63) is 65.2 Å². The summed E-state index contributed by atoms with van der Waals surface area (Å²) in [5, 5.41) is 0. The highest BCUT2D eigenvalue weighted by Gasteiger charge is 2.35. The van der Waals surface area contributed by atoms with Crippen LogP contribution >= 0.6 is 0 Å². The molecule has 114 valence electrons. The number of carbonyl (C=O) groups is 1. The largest absolute Gasteiger partial charge is 0.302 e. The lowest BCUT2D eigenvalue weighted by atomic mass is 9.97. The number of nitrogens with zero attached hydrogens (tertiary/aromatic N) is 1. The number of benzene rings is 2. The van der Waals surface area contributed by atoms with Crippen LogP contribution in [0.3, 0.4) is 0 Å². The van der Waals surface area contributed by atoms with Gasteiger partial charge in [0, 0.05) is 6.54 Å². The van der Waals surface area contributed by atoms with Crippen LogP contribution in [0.25, 0.3) is 0 Å². The predicted octanol–water partition coefficient (Wildman–Crippen LogP) is 2.31. The van der Waals surface area contributed by atoms with Gasteiger partial charge in [-0.05, 0) is 42.2 Å². The first-order valence-electron chi connectivity index (χ1n) is 7.13. The normalized spacial score (nSPS) is 18.7. The number of sulfonamides is 1. The molecule has 3 rings (SSSR count). The zero-order valence-corrected chi connectivity index (χ0v) is 13.1. The molecule has 0 unspecified atom stereocenters. The van der Waals surface area contributed by atoms with Gasteiger partial charge in [-0.2, -0.15) is 4.31 Å². The van der Waals surface area contributed by atoms with Crippen LogP contribution in [-0.4, -0.2) is 25.1 Å². The van der Waals surface area contributed by atoms with Gasteiger partial charge < -0.3 is 4.79 Å². The number of aryl methyl sites for hydroxylation is 1. The van der Waals surface area contributed by atoms with Crippen molar-refractivity contribution in [1.29, 1.82) is 0 Å². The summed E-state index contributed by atoms with van der Waals surface area (Å²) in [7, 11) is -3.69. The fourth-order valence-corrected chi connectivity index (χ4v) is 4.46. The topological polar surface area (TPSA) is 54.5 Å². The first kappa shape index (κ1) is 14.9. The highest BCUT2D eigenvalue weighted by molar-refractivity contribution is 7.89. The zero-order valence-electron chi connectivity index (χ0n) is 12.3. The average molecular weight is 315 g/mol. The van der Waals surface area contributed by atoms with Crippen molar-refractivity contribution in [1.82, 2.24) is 4.31 Å². The molecule has 1 atom stereocenters. The summed E-state index contributed by atoms with van der Waals surface area (Å²) in [6.07, 6.45) is 1.15. The van der Waals surface area contributed by atoms with Crippen molar-refractivity contribution >= 4 is 16.3 Å². The van der Waals surface area contributed by atoms with Crippen LogP contribution in [-0.2, 0) is 27.8 Å². The standard InChI is InChI=1S/C17H17NO3S/c1-13-5-4-8-17(9-13)22(20,21)18-11-15-7-3-2-6-14(15)10-16(18)12-19/h2-9,12,16H,10-11H2,1H3/t16-/m0/s1. The van der Waals surface area contributed by atoms with Gasteiger partial charge in [0.1, 0.15) is 6.29 Å². The van der Waals surface area contributed by atoms with Gasteiger partial charge in [0.15, 0.2) is 0 Å². The molecule has 1 aliphatic heterocycles. The van der Waals surface area contributed by atoms with Gasteiger partial charge in [-0.1, -0.05) is 36.4 Å². The molecule has 22 heavy (non-hydrogen) atoms. The zero-order chi connectivity index (χ0) is 15.7. The molecule has 0 N–H and O–H groups in total. The molecule has 4 nitrogen and oxygen atoms in total. The molecule has 1 aliphatic rings. The van der Waals surface area contributed by atoms with E-state index in [2.05, 4.69) is 0 Å². The van der Waals surface area contributed by atoms with Gasteiger partial charge in [-0.15, -0.1) is 0 Å². The summed E-state index contributed by atoms with van der Waals surface area (Å²) in [4.78, 5) is 11.7. The Bertz CT molecular complexity index is 814. The molecule has 0 fully saturated rings. The molecule has 2 aromatic carbocycles. The Balaban J connectivity index is 2.04. The number of hydrogen-bond acceptors (Lipinski definition) is 3. The molecule has 0 aliphatic carbocycles. The fourth-order valence-electron chi connectivity index (χ4n) is 2.81. The van der Waals surface area contributed by atoms with E-state index in [9.17, 15) is 13.2 Å². The number of aldehydes is 1. The van der Waals surface area contributed by atoms with E-state index in [1.165, 1.54) is 4.31 Å². The van der Waals surface area contributed by atoms with E-state index in [0.717, 1.165) is 23.0 Å². The van der Waals surface area contributed by atoms with E-state index < -0.39 is 16.1 Å². The minimum absolute atomic E-state index is 0.232. The summed E-state index contributed by atoms with van der Waals surface area (Å²) in [5.41, 5.74) is 2.87. The van der Waals surface area contributed by atoms with Crippen molar-refractivity contribution in [3.63, 3.8) is 0 Å². The van der Waals surface area contributed by atoms with Crippen LogP contribution in [0.1, 0.15) is 16.7 Å². The second kappa shape index (κ2) is 5.66. The first-order valence-corrected chi connectivity index (χ1v) is 8.57. The quantitative estimate of drug-likeness (QED) is 0.817. The van der Waals surface area contributed by atoms with Gasteiger partial charge in [0.05, 0.1) is 10.9 Å². The second-order valence-electron chi connectivity index (χ2n) is 5.54. The number of hydrogen-bond donors (Lipinski definition) is 0. The molecule has 2 aromatic rings. The lowest BCUT2D eigenvalue weighted by Gasteiger charge is -2.32. The molecular formula is C17H17NO3S. The first-order chi connectivity index (χ1) is 10.5. The lowest BCUT2D eigenvalue weighted by molar-refractivity contribution is -0.111. The fraction of sp³-hybridized carbons (Fsp3) is 0.235. The summed E-state index contributed by atoms with van der Waals surface area (Å²) in [6, 6.07) is 13.8. The minimum Gasteiger partial charge on any atom is -0.302 e. The van der Waals surface area contributed by atoms with Gasteiger partial charge >= 0.3 is 0 Å². The maximum Gasteiger partial charge on any atom is 0.244 e. The van der Waals surface area contributed by atoms with Gasteiger partial charge in [-0.3, -0.25) is 0 Å². The minimum atomic E-state index is -3.69. The average Bonchev–Trinajstić information content (AvgIpc) is 2.53. The van der Waals surface area contributed by atoms with Crippen LogP contribution < -0.4 is 0 Å². The molecule has 1 heterocycles. The Hall–Kier alpha value is -1.98. The Morgan fingerprint density at radius 2 is 1.82 bits per heavy atom. The summed E-state index contributed by atoms with van der Waals surface area (Å²) in [6.45, 7) is 2.08.